The minimum atomic E-state index is 0. The zero-order valence-electron chi connectivity index (χ0n) is 9.90. The predicted octanol–water partition coefficient (Wildman–Crippen LogP) is 2.07. The van der Waals surface area contributed by atoms with Crippen molar-refractivity contribution in [2.75, 3.05) is 20.2 Å². The molecule has 0 aromatic heterocycles. The van der Waals surface area contributed by atoms with Gasteiger partial charge in [-0.15, -0.1) is 12.4 Å². The summed E-state index contributed by atoms with van der Waals surface area (Å²) in [5, 5.41) is 13.6. The molecule has 1 saturated heterocycles. The summed E-state index contributed by atoms with van der Waals surface area (Å²) in [5.74, 6) is 2.20. The Morgan fingerprint density at radius 3 is 2.94 bits per heavy atom. The van der Waals surface area contributed by atoms with Crippen molar-refractivity contribution in [1.82, 2.24) is 5.32 Å². The molecule has 2 bridgehead atoms. The van der Waals surface area contributed by atoms with E-state index in [1.807, 2.05) is 6.07 Å². The van der Waals surface area contributed by atoms with E-state index in [1.165, 1.54) is 12.0 Å². The van der Waals surface area contributed by atoms with Crippen molar-refractivity contribution in [1.29, 1.82) is 0 Å². The maximum atomic E-state index is 10.1. The molecule has 0 spiro atoms. The van der Waals surface area contributed by atoms with Gasteiger partial charge in [0, 0.05) is 12.1 Å². The summed E-state index contributed by atoms with van der Waals surface area (Å²) in [6, 6.07) is 3.99. The van der Waals surface area contributed by atoms with Gasteiger partial charge in [0.1, 0.15) is 0 Å². The van der Waals surface area contributed by atoms with Crippen LogP contribution in [-0.4, -0.2) is 25.3 Å². The van der Waals surface area contributed by atoms with Crippen molar-refractivity contribution in [2.24, 2.45) is 5.92 Å². The minimum absolute atomic E-state index is 0. The van der Waals surface area contributed by atoms with Crippen LogP contribution in [0.4, 0.5) is 0 Å². The van der Waals surface area contributed by atoms with Crippen LogP contribution in [0.15, 0.2) is 12.1 Å². The highest BCUT2D eigenvalue weighted by Gasteiger charge is 2.32. The Labute approximate surface area is 108 Å². The molecule has 1 aromatic carbocycles. The van der Waals surface area contributed by atoms with Gasteiger partial charge in [-0.05, 0) is 42.9 Å². The lowest BCUT2D eigenvalue weighted by Crippen LogP contribution is -2.39. The first-order chi connectivity index (χ1) is 7.79. The molecular weight excluding hydrogens is 238 g/mol. The Morgan fingerprint density at radius 1 is 1.35 bits per heavy atom. The molecule has 3 nitrogen and oxygen atoms in total. The first-order valence-corrected chi connectivity index (χ1v) is 5.89. The van der Waals surface area contributed by atoms with E-state index in [0.29, 0.717) is 23.3 Å². The van der Waals surface area contributed by atoms with E-state index < -0.39 is 0 Å². The topological polar surface area (TPSA) is 41.5 Å². The van der Waals surface area contributed by atoms with Gasteiger partial charge >= 0.3 is 0 Å². The van der Waals surface area contributed by atoms with Gasteiger partial charge in [-0.1, -0.05) is 6.07 Å². The number of hydrogen-bond acceptors (Lipinski definition) is 3. The summed E-state index contributed by atoms with van der Waals surface area (Å²) in [5.41, 5.74) is 2.42. The standard InChI is InChI=1S/C13H17NO2.ClH/c1-16-12-3-2-10-9-4-8(6-14-7-9)5-11(10)13(12)15;/h2-3,8-9,14-15H,4-7H2,1H3;1H. The van der Waals surface area contributed by atoms with E-state index in [9.17, 15) is 5.11 Å². The molecule has 1 heterocycles. The van der Waals surface area contributed by atoms with Gasteiger partial charge in [0.25, 0.3) is 0 Å². The molecule has 0 saturated carbocycles. The highest BCUT2D eigenvalue weighted by Crippen LogP contribution is 2.43. The van der Waals surface area contributed by atoms with Crippen molar-refractivity contribution >= 4 is 12.4 Å². The van der Waals surface area contributed by atoms with Gasteiger partial charge in [0.15, 0.2) is 11.5 Å². The lowest BCUT2D eigenvalue weighted by atomic mass is 9.74. The molecule has 2 aliphatic rings. The van der Waals surface area contributed by atoms with Crippen LogP contribution in [0.5, 0.6) is 11.5 Å². The monoisotopic (exact) mass is 255 g/mol. The van der Waals surface area contributed by atoms with Crippen LogP contribution in [0.1, 0.15) is 23.5 Å². The average Bonchev–Trinajstić information content (AvgIpc) is 2.31. The number of methoxy groups -OCH3 is 1. The molecule has 1 aliphatic heterocycles. The average molecular weight is 256 g/mol. The number of phenolic OH excluding ortho intramolecular Hbond substituents is 1. The molecule has 0 amide bonds. The maximum absolute atomic E-state index is 10.1. The first-order valence-electron chi connectivity index (χ1n) is 5.89. The van der Waals surface area contributed by atoms with Crippen molar-refractivity contribution in [2.45, 2.75) is 18.8 Å². The SMILES string of the molecule is COc1ccc2c(c1O)CC1CNCC2C1.Cl. The molecule has 1 fully saturated rings. The molecule has 3 rings (SSSR count). The first kappa shape index (κ1) is 12.5. The van der Waals surface area contributed by atoms with E-state index in [2.05, 4.69) is 11.4 Å². The van der Waals surface area contributed by atoms with Gasteiger partial charge in [-0.25, -0.2) is 0 Å². The lowest BCUT2D eigenvalue weighted by Gasteiger charge is -2.37. The van der Waals surface area contributed by atoms with Crippen molar-refractivity contribution in [3.8, 4) is 11.5 Å². The third-order valence-corrected chi connectivity index (χ3v) is 3.88. The molecule has 2 N–H and O–H groups in total. The second-order valence-electron chi connectivity index (χ2n) is 4.85. The molecule has 4 heteroatoms. The summed E-state index contributed by atoms with van der Waals surface area (Å²) in [7, 11) is 1.60. The van der Waals surface area contributed by atoms with E-state index in [1.54, 1.807) is 7.11 Å². The molecular formula is C13H18ClNO2. The van der Waals surface area contributed by atoms with Crippen LogP contribution in [-0.2, 0) is 6.42 Å². The van der Waals surface area contributed by atoms with Gasteiger partial charge in [0.2, 0.25) is 0 Å². The van der Waals surface area contributed by atoms with Gasteiger partial charge in [0.05, 0.1) is 7.11 Å². The lowest BCUT2D eigenvalue weighted by molar-refractivity contribution is 0.306. The highest BCUT2D eigenvalue weighted by molar-refractivity contribution is 5.85. The van der Waals surface area contributed by atoms with Gasteiger partial charge in [-0.3, -0.25) is 0 Å². The maximum Gasteiger partial charge on any atom is 0.161 e. The summed E-state index contributed by atoms with van der Waals surface area (Å²) < 4.78 is 5.17. The smallest absolute Gasteiger partial charge is 0.161 e. The van der Waals surface area contributed by atoms with Crippen LogP contribution >= 0.6 is 12.4 Å². The van der Waals surface area contributed by atoms with E-state index >= 15 is 0 Å². The third-order valence-electron chi connectivity index (χ3n) is 3.88. The van der Waals surface area contributed by atoms with Crippen molar-refractivity contribution < 1.29 is 9.84 Å². The molecule has 0 radical (unpaired) electrons. The van der Waals surface area contributed by atoms with Crippen LogP contribution in [0.25, 0.3) is 0 Å². The largest absolute Gasteiger partial charge is 0.504 e. The fourth-order valence-electron chi connectivity index (χ4n) is 3.10. The number of phenols is 1. The summed E-state index contributed by atoms with van der Waals surface area (Å²) >= 11 is 0. The Bertz CT molecular complexity index is 422. The Balaban J connectivity index is 0.00000108. The highest BCUT2D eigenvalue weighted by atomic mass is 35.5. The second kappa shape index (κ2) is 4.75. The fourth-order valence-corrected chi connectivity index (χ4v) is 3.10. The van der Waals surface area contributed by atoms with Gasteiger partial charge < -0.3 is 15.2 Å². The zero-order valence-corrected chi connectivity index (χ0v) is 10.7. The molecule has 1 aromatic rings. The number of nitrogens with one attached hydrogen (secondary N) is 1. The second-order valence-corrected chi connectivity index (χ2v) is 4.85. The quantitative estimate of drug-likeness (QED) is 0.807. The number of hydrogen-bond donors (Lipinski definition) is 2. The molecule has 17 heavy (non-hydrogen) atoms. The summed E-state index contributed by atoms with van der Waals surface area (Å²) in [6.45, 7) is 2.11. The number of rotatable bonds is 1. The molecule has 2 unspecified atom stereocenters. The number of fused-ring (bicyclic) bond motifs is 4. The van der Waals surface area contributed by atoms with Crippen molar-refractivity contribution in [3.05, 3.63) is 23.3 Å². The fraction of sp³-hybridized carbons (Fsp3) is 0.538. The van der Waals surface area contributed by atoms with E-state index in [-0.39, 0.29) is 12.4 Å². The van der Waals surface area contributed by atoms with E-state index in [4.69, 9.17) is 4.74 Å². The predicted molar refractivity (Wildman–Crippen MR) is 69.3 cm³/mol. The van der Waals surface area contributed by atoms with Crippen LogP contribution in [0.2, 0.25) is 0 Å². The Hall–Kier alpha value is -0.930. The summed E-state index contributed by atoms with van der Waals surface area (Å²) in [6.07, 6.45) is 2.23. The molecule has 2 atom stereocenters. The number of benzene rings is 1. The summed E-state index contributed by atoms with van der Waals surface area (Å²) in [4.78, 5) is 0. The van der Waals surface area contributed by atoms with E-state index in [0.717, 1.165) is 25.1 Å². The Morgan fingerprint density at radius 2 is 2.18 bits per heavy atom. The minimum Gasteiger partial charge on any atom is -0.504 e. The third kappa shape index (κ3) is 1.98. The van der Waals surface area contributed by atoms with Crippen LogP contribution in [0, 0.1) is 5.92 Å². The van der Waals surface area contributed by atoms with Crippen LogP contribution < -0.4 is 10.1 Å². The Kier molecular flexibility index (Phi) is 3.50. The number of ether oxygens (including phenoxy) is 1. The normalized spacial score (nSPS) is 25.7. The number of halogens is 1. The number of piperidine rings is 1. The zero-order chi connectivity index (χ0) is 11.1. The van der Waals surface area contributed by atoms with Gasteiger partial charge in [-0.2, -0.15) is 0 Å². The number of aromatic hydroxyl groups is 1. The molecule has 1 aliphatic carbocycles. The van der Waals surface area contributed by atoms with Crippen molar-refractivity contribution in [3.63, 3.8) is 0 Å². The molecule has 94 valence electrons. The van der Waals surface area contributed by atoms with Crippen LogP contribution in [0.3, 0.4) is 0 Å².